The maximum atomic E-state index is 13.9. The molecule has 0 bridgehead atoms. The van der Waals surface area contributed by atoms with E-state index in [1.807, 2.05) is 22.8 Å². The lowest BCUT2D eigenvalue weighted by molar-refractivity contribution is 0.623. The van der Waals surface area contributed by atoms with Gasteiger partial charge in [-0.3, -0.25) is 4.98 Å². The SMILES string of the molecule is CC(C)n1c(-c2ccncc2)nc2c(F)cccc21. The molecule has 2 aromatic heterocycles. The molecule has 96 valence electrons. The predicted molar refractivity (Wildman–Crippen MR) is 73.3 cm³/mol. The van der Waals surface area contributed by atoms with Crippen LogP contribution in [0.25, 0.3) is 22.4 Å². The minimum absolute atomic E-state index is 0.204. The zero-order valence-corrected chi connectivity index (χ0v) is 10.8. The van der Waals surface area contributed by atoms with Crippen molar-refractivity contribution in [1.29, 1.82) is 0 Å². The van der Waals surface area contributed by atoms with Crippen molar-refractivity contribution in [2.75, 3.05) is 0 Å². The van der Waals surface area contributed by atoms with Crippen LogP contribution >= 0.6 is 0 Å². The van der Waals surface area contributed by atoms with Crippen LogP contribution in [0, 0.1) is 5.82 Å². The molecule has 3 aromatic rings. The summed E-state index contributed by atoms with van der Waals surface area (Å²) in [4.78, 5) is 8.47. The molecule has 0 aliphatic rings. The molecule has 4 heteroatoms. The molecule has 0 N–H and O–H groups in total. The van der Waals surface area contributed by atoms with E-state index in [0.717, 1.165) is 16.9 Å². The van der Waals surface area contributed by atoms with E-state index in [9.17, 15) is 4.39 Å². The second kappa shape index (κ2) is 4.46. The molecule has 0 amide bonds. The van der Waals surface area contributed by atoms with Gasteiger partial charge in [0.15, 0.2) is 5.82 Å². The van der Waals surface area contributed by atoms with Gasteiger partial charge in [-0.2, -0.15) is 0 Å². The summed E-state index contributed by atoms with van der Waals surface area (Å²) in [6.07, 6.45) is 3.44. The number of nitrogens with zero attached hydrogens (tertiary/aromatic N) is 3. The van der Waals surface area contributed by atoms with E-state index in [2.05, 4.69) is 23.8 Å². The van der Waals surface area contributed by atoms with Crippen molar-refractivity contribution in [2.24, 2.45) is 0 Å². The molecule has 0 saturated heterocycles. The lowest BCUT2D eigenvalue weighted by Gasteiger charge is -2.12. The quantitative estimate of drug-likeness (QED) is 0.697. The van der Waals surface area contributed by atoms with Crippen LogP contribution in [0.5, 0.6) is 0 Å². The average Bonchev–Trinajstić information content (AvgIpc) is 2.81. The van der Waals surface area contributed by atoms with Gasteiger partial charge < -0.3 is 4.57 Å². The van der Waals surface area contributed by atoms with E-state index in [1.54, 1.807) is 18.5 Å². The van der Waals surface area contributed by atoms with Crippen LogP contribution in [0.4, 0.5) is 4.39 Å². The summed E-state index contributed by atoms with van der Waals surface area (Å²) in [5.74, 6) is 0.490. The topological polar surface area (TPSA) is 30.7 Å². The molecular weight excluding hydrogens is 241 g/mol. The smallest absolute Gasteiger partial charge is 0.151 e. The van der Waals surface area contributed by atoms with Gasteiger partial charge in [-0.15, -0.1) is 0 Å². The van der Waals surface area contributed by atoms with E-state index in [1.165, 1.54) is 6.07 Å². The molecule has 19 heavy (non-hydrogen) atoms. The van der Waals surface area contributed by atoms with E-state index in [0.29, 0.717) is 5.52 Å². The highest BCUT2D eigenvalue weighted by atomic mass is 19.1. The number of fused-ring (bicyclic) bond motifs is 1. The van der Waals surface area contributed by atoms with Crippen LogP contribution in [0.2, 0.25) is 0 Å². The number of para-hydroxylation sites is 1. The normalized spacial score (nSPS) is 11.4. The van der Waals surface area contributed by atoms with Gasteiger partial charge in [-0.25, -0.2) is 9.37 Å². The molecular formula is C15H14FN3. The summed E-state index contributed by atoms with van der Waals surface area (Å²) in [7, 11) is 0. The fourth-order valence-electron chi connectivity index (χ4n) is 2.31. The average molecular weight is 255 g/mol. The van der Waals surface area contributed by atoms with Crippen LogP contribution in [-0.2, 0) is 0 Å². The fourth-order valence-corrected chi connectivity index (χ4v) is 2.31. The summed E-state index contributed by atoms with van der Waals surface area (Å²) >= 11 is 0. The van der Waals surface area contributed by atoms with Gasteiger partial charge in [0.2, 0.25) is 0 Å². The van der Waals surface area contributed by atoms with Gasteiger partial charge in [0.25, 0.3) is 0 Å². The van der Waals surface area contributed by atoms with E-state index < -0.39 is 0 Å². The van der Waals surface area contributed by atoms with Gasteiger partial charge in [-0.1, -0.05) is 6.07 Å². The third-order valence-electron chi connectivity index (χ3n) is 3.13. The Morgan fingerprint density at radius 2 is 1.84 bits per heavy atom. The molecule has 3 rings (SSSR count). The molecule has 0 unspecified atom stereocenters. The summed E-state index contributed by atoms with van der Waals surface area (Å²) in [5.41, 5.74) is 2.18. The maximum absolute atomic E-state index is 13.9. The lowest BCUT2D eigenvalue weighted by atomic mass is 10.2. The Hall–Kier alpha value is -2.23. The summed E-state index contributed by atoms with van der Waals surface area (Å²) in [6.45, 7) is 4.13. The number of hydrogen-bond acceptors (Lipinski definition) is 2. The Morgan fingerprint density at radius 1 is 1.11 bits per heavy atom. The van der Waals surface area contributed by atoms with Gasteiger partial charge >= 0.3 is 0 Å². The number of aromatic nitrogens is 3. The Morgan fingerprint density at radius 3 is 2.53 bits per heavy atom. The first kappa shape index (κ1) is 11.8. The van der Waals surface area contributed by atoms with Crippen molar-refractivity contribution in [3.8, 4) is 11.4 Å². The second-order valence-corrected chi connectivity index (χ2v) is 4.74. The van der Waals surface area contributed by atoms with Crippen molar-refractivity contribution in [3.63, 3.8) is 0 Å². The second-order valence-electron chi connectivity index (χ2n) is 4.74. The number of imidazole rings is 1. The van der Waals surface area contributed by atoms with Gasteiger partial charge in [-0.05, 0) is 38.1 Å². The fraction of sp³-hybridized carbons (Fsp3) is 0.200. The minimum Gasteiger partial charge on any atom is -0.321 e. The highest BCUT2D eigenvalue weighted by Gasteiger charge is 2.16. The lowest BCUT2D eigenvalue weighted by Crippen LogP contribution is -2.03. The summed E-state index contributed by atoms with van der Waals surface area (Å²) in [6, 6.07) is 9.03. The first-order valence-corrected chi connectivity index (χ1v) is 6.25. The van der Waals surface area contributed by atoms with Crippen LogP contribution in [-0.4, -0.2) is 14.5 Å². The van der Waals surface area contributed by atoms with Gasteiger partial charge in [0.1, 0.15) is 11.3 Å². The molecule has 0 atom stereocenters. The van der Waals surface area contributed by atoms with Crippen molar-refractivity contribution < 1.29 is 4.39 Å². The number of hydrogen-bond donors (Lipinski definition) is 0. The molecule has 3 nitrogen and oxygen atoms in total. The zero-order chi connectivity index (χ0) is 13.4. The monoisotopic (exact) mass is 255 g/mol. The van der Waals surface area contributed by atoms with Crippen molar-refractivity contribution >= 4 is 11.0 Å². The molecule has 0 spiro atoms. The highest BCUT2D eigenvalue weighted by Crippen LogP contribution is 2.29. The summed E-state index contributed by atoms with van der Waals surface area (Å²) in [5, 5.41) is 0. The van der Waals surface area contributed by atoms with E-state index in [4.69, 9.17) is 0 Å². The zero-order valence-electron chi connectivity index (χ0n) is 10.8. The predicted octanol–water partition coefficient (Wildman–Crippen LogP) is 3.82. The molecule has 2 heterocycles. The summed E-state index contributed by atoms with van der Waals surface area (Å²) < 4.78 is 15.9. The standard InChI is InChI=1S/C15H14FN3/c1-10(2)19-13-5-3-4-12(16)14(13)18-15(19)11-6-8-17-9-7-11/h3-10H,1-2H3. The van der Waals surface area contributed by atoms with Gasteiger partial charge in [0.05, 0.1) is 5.52 Å². The Bertz CT molecular complexity index is 717. The Kier molecular flexibility index (Phi) is 2.78. The number of rotatable bonds is 2. The van der Waals surface area contributed by atoms with Crippen LogP contribution in [0.3, 0.4) is 0 Å². The largest absolute Gasteiger partial charge is 0.321 e. The minimum atomic E-state index is -0.285. The number of pyridine rings is 1. The molecule has 0 fully saturated rings. The van der Waals surface area contributed by atoms with Crippen LogP contribution < -0.4 is 0 Å². The van der Waals surface area contributed by atoms with Crippen LogP contribution in [0.15, 0.2) is 42.7 Å². The van der Waals surface area contributed by atoms with E-state index >= 15 is 0 Å². The Labute approximate surface area is 110 Å². The van der Waals surface area contributed by atoms with Crippen molar-refractivity contribution in [1.82, 2.24) is 14.5 Å². The maximum Gasteiger partial charge on any atom is 0.151 e. The Balaban J connectivity index is 2.36. The molecule has 1 aromatic carbocycles. The van der Waals surface area contributed by atoms with Gasteiger partial charge in [0, 0.05) is 24.0 Å². The van der Waals surface area contributed by atoms with Crippen molar-refractivity contribution in [2.45, 2.75) is 19.9 Å². The third kappa shape index (κ3) is 1.89. The highest BCUT2D eigenvalue weighted by molar-refractivity contribution is 5.81. The molecule has 0 saturated carbocycles. The van der Waals surface area contributed by atoms with Crippen molar-refractivity contribution in [3.05, 3.63) is 48.5 Å². The number of halogens is 1. The van der Waals surface area contributed by atoms with Crippen LogP contribution in [0.1, 0.15) is 19.9 Å². The van der Waals surface area contributed by atoms with E-state index in [-0.39, 0.29) is 11.9 Å². The molecule has 0 aliphatic carbocycles. The molecule has 0 radical (unpaired) electrons. The first-order chi connectivity index (χ1) is 9.18. The number of benzene rings is 1. The first-order valence-electron chi connectivity index (χ1n) is 6.25. The third-order valence-corrected chi connectivity index (χ3v) is 3.13. The molecule has 0 aliphatic heterocycles.